The van der Waals surface area contributed by atoms with Gasteiger partial charge in [0.05, 0.1) is 18.3 Å². The summed E-state index contributed by atoms with van der Waals surface area (Å²) in [5.41, 5.74) is 1.43. The van der Waals surface area contributed by atoms with Crippen LogP contribution >= 0.6 is 0 Å². The lowest BCUT2D eigenvalue weighted by molar-refractivity contribution is -0.131. The Bertz CT molecular complexity index is 1660. The van der Waals surface area contributed by atoms with Crippen molar-refractivity contribution in [3.05, 3.63) is 78.7 Å². The Labute approximate surface area is 241 Å². The third-order valence-corrected chi connectivity index (χ3v) is 7.73. The lowest BCUT2D eigenvalue weighted by Gasteiger charge is -2.29. The second-order valence-corrected chi connectivity index (χ2v) is 10.5. The Morgan fingerprint density at radius 2 is 1.50 bits per heavy atom. The molecule has 0 spiro atoms. The number of methoxy groups -OCH3 is 1. The summed E-state index contributed by atoms with van der Waals surface area (Å²) >= 11 is 0. The van der Waals surface area contributed by atoms with Crippen molar-refractivity contribution in [2.45, 2.75) is 25.7 Å². The highest BCUT2D eigenvalue weighted by atomic mass is 19.1. The van der Waals surface area contributed by atoms with Crippen molar-refractivity contribution < 1.29 is 28.2 Å². The summed E-state index contributed by atoms with van der Waals surface area (Å²) in [4.78, 5) is 44.2. The number of piperidine rings is 1. The van der Waals surface area contributed by atoms with Gasteiger partial charge in [-0.25, -0.2) is 4.39 Å². The standard InChI is InChI=1S/C32H29FN4O5/c1-41-29-18-25-26(19-27(29)37-16-11-23(38)12-17-37)34-15-10-28(25)42-24-8-6-22(7-9-24)36-31(40)32(13-14-32)30(39)35-21-4-2-20(33)3-5-21/h2-10,15,18-19H,11-14,16-17H2,1H3,(H,35,39)(H,36,40). The van der Waals surface area contributed by atoms with Crippen molar-refractivity contribution >= 4 is 45.6 Å². The molecule has 0 radical (unpaired) electrons. The molecule has 9 nitrogen and oxygen atoms in total. The van der Waals surface area contributed by atoms with Gasteiger partial charge in [0, 0.05) is 48.9 Å². The first-order valence-corrected chi connectivity index (χ1v) is 13.7. The van der Waals surface area contributed by atoms with Crippen LogP contribution in [0.2, 0.25) is 0 Å². The SMILES string of the molecule is COc1cc2c(Oc3ccc(NC(=O)C4(C(=O)Nc5ccc(F)cc5)CC4)cc3)ccnc2cc1N1CCC(=O)CC1. The van der Waals surface area contributed by atoms with Gasteiger partial charge in [-0.05, 0) is 79.6 Å². The maximum Gasteiger partial charge on any atom is 0.240 e. The molecule has 2 amide bonds. The molecule has 4 aromatic rings. The van der Waals surface area contributed by atoms with Crippen molar-refractivity contribution in [1.82, 2.24) is 4.98 Å². The summed E-state index contributed by atoms with van der Waals surface area (Å²) in [6, 6.07) is 17.9. The van der Waals surface area contributed by atoms with E-state index in [0.717, 1.165) is 16.6 Å². The van der Waals surface area contributed by atoms with Crippen LogP contribution in [0.3, 0.4) is 0 Å². The number of fused-ring (bicyclic) bond motifs is 1. The number of amides is 2. The van der Waals surface area contributed by atoms with E-state index in [2.05, 4.69) is 20.5 Å². The molecule has 42 heavy (non-hydrogen) atoms. The highest BCUT2D eigenvalue weighted by Gasteiger charge is 2.56. The van der Waals surface area contributed by atoms with Crippen LogP contribution in [0.4, 0.5) is 21.5 Å². The van der Waals surface area contributed by atoms with Crippen molar-refractivity contribution in [1.29, 1.82) is 0 Å². The molecule has 0 unspecified atom stereocenters. The predicted octanol–water partition coefficient (Wildman–Crippen LogP) is 5.70. The number of anilines is 3. The third kappa shape index (κ3) is 5.47. The van der Waals surface area contributed by atoms with E-state index < -0.39 is 23.0 Å². The number of pyridine rings is 1. The number of carbonyl (C=O) groups is 3. The largest absolute Gasteiger partial charge is 0.495 e. The molecule has 1 aliphatic heterocycles. The van der Waals surface area contributed by atoms with Crippen molar-refractivity contribution in [3.63, 3.8) is 0 Å². The first kappa shape index (κ1) is 27.2. The first-order valence-electron chi connectivity index (χ1n) is 13.7. The Kier molecular flexibility index (Phi) is 7.20. The number of Topliss-reactive ketones (excluding diaryl/α,β-unsaturated/α-hetero) is 1. The van der Waals surface area contributed by atoms with Gasteiger partial charge in [0.15, 0.2) is 0 Å². The van der Waals surface area contributed by atoms with Crippen molar-refractivity contribution in [2.75, 3.05) is 35.7 Å². The number of rotatable bonds is 8. The van der Waals surface area contributed by atoms with Crippen LogP contribution in [-0.2, 0) is 14.4 Å². The topological polar surface area (TPSA) is 110 Å². The van der Waals surface area contributed by atoms with Gasteiger partial charge in [-0.2, -0.15) is 0 Å². The van der Waals surface area contributed by atoms with Crippen molar-refractivity contribution in [2.24, 2.45) is 5.41 Å². The monoisotopic (exact) mass is 568 g/mol. The highest BCUT2D eigenvalue weighted by Crippen LogP contribution is 2.47. The lowest BCUT2D eigenvalue weighted by Crippen LogP contribution is -2.35. The average molecular weight is 569 g/mol. The molecule has 1 aliphatic carbocycles. The maximum absolute atomic E-state index is 13.2. The fraction of sp³-hybridized carbons (Fsp3) is 0.250. The predicted molar refractivity (Wildman–Crippen MR) is 157 cm³/mol. The van der Waals surface area contributed by atoms with E-state index in [4.69, 9.17) is 9.47 Å². The fourth-order valence-electron chi connectivity index (χ4n) is 5.08. The summed E-state index contributed by atoms with van der Waals surface area (Å²) < 4.78 is 25.0. The van der Waals surface area contributed by atoms with Gasteiger partial charge in [0.2, 0.25) is 11.8 Å². The minimum absolute atomic E-state index is 0.268. The normalized spacial score (nSPS) is 15.7. The summed E-state index contributed by atoms with van der Waals surface area (Å²) in [5, 5.41) is 6.30. The summed E-state index contributed by atoms with van der Waals surface area (Å²) in [6.45, 7) is 1.28. The van der Waals surface area contributed by atoms with Crippen LogP contribution < -0.4 is 25.0 Å². The van der Waals surface area contributed by atoms with Crippen LogP contribution in [0.5, 0.6) is 17.2 Å². The number of hydrogen-bond donors (Lipinski definition) is 2. The van der Waals surface area contributed by atoms with Gasteiger partial charge < -0.3 is 25.0 Å². The van der Waals surface area contributed by atoms with E-state index in [-0.39, 0.29) is 5.78 Å². The van der Waals surface area contributed by atoms with Crippen LogP contribution in [0.15, 0.2) is 72.9 Å². The van der Waals surface area contributed by atoms with Gasteiger partial charge in [-0.1, -0.05) is 0 Å². The van der Waals surface area contributed by atoms with Gasteiger partial charge in [-0.3, -0.25) is 19.4 Å². The minimum Gasteiger partial charge on any atom is -0.495 e. The number of carbonyl (C=O) groups excluding carboxylic acids is 3. The average Bonchev–Trinajstić information content (AvgIpc) is 3.82. The van der Waals surface area contributed by atoms with Gasteiger partial charge in [0.25, 0.3) is 0 Å². The second kappa shape index (κ2) is 11.1. The summed E-state index contributed by atoms with van der Waals surface area (Å²) in [5.74, 6) is 0.867. The Balaban J connectivity index is 1.14. The maximum atomic E-state index is 13.2. The number of benzene rings is 3. The van der Waals surface area contributed by atoms with E-state index >= 15 is 0 Å². The van der Waals surface area contributed by atoms with Gasteiger partial charge in [0.1, 0.15) is 34.3 Å². The number of nitrogens with zero attached hydrogens (tertiary/aromatic N) is 2. The molecule has 10 heteroatoms. The second-order valence-electron chi connectivity index (χ2n) is 10.5. The van der Waals surface area contributed by atoms with E-state index in [1.54, 1.807) is 43.6 Å². The molecule has 6 rings (SSSR count). The molecule has 2 heterocycles. The van der Waals surface area contributed by atoms with E-state index in [0.29, 0.717) is 67.4 Å². The zero-order valence-electron chi connectivity index (χ0n) is 23.0. The fourth-order valence-corrected chi connectivity index (χ4v) is 5.08. The van der Waals surface area contributed by atoms with E-state index in [9.17, 15) is 18.8 Å². The molecule has 1 saturated carbocycles. The zero-order valence-corrected chi connectivity index (χ0v) is 23.0. The summed E-state index contributed by atoms with van der Waals surface area (Å²) in [7, 11) is 1.61. The molecule has 1 saturated heterocycles. The van der Waals surface area contributed by atoms with Crippen molar-refractivity contribution in [3.8, 4) is 17.2 Å². The minimum atomic E-state index is -1.15. The quantitative estimate of drug-likeness (QED) is 0.262. The number of ketones is 1. The molecule has 0 bridgehead atoms. The first-order chi connectivity index (χ1) is 20.3. The smallest absolute Gasteiger partial charge is 0.240 e. The van der Waals surface area contributed by atoms with Gasteiger partial charge >= 0.3 is 0 Å². The number of nitrogens with one attached hydrogen (secondary N) is 2. The number of halogens is 1. The Morgan fingerprint density at radius 3 is 2.10 bits per heavy atom. The summed E-state index contributed by atoms with van der Waals surface area (Å²) in [6.07, 6.45) is 3.57. The number of aromatic nitrogens is 1. The number of ether oxygens (including phenoxy) is 2. The van der Waals surface area contributed by atoms with Crippen LogP contribution in [0.25, 0.3) is 10.9 Å². The van der Waals surface area contributed by atoms with Crippen LogP contribution in [0, 0.1) is 11.2 Å². The molecule has 2 fully saturated rings. The molecule has 0 atom stereocenters. The number of hydrogen-bond acceptors (Lipinski definition) is 7. The molecular weight excluding hydrogens is 539 g/mol. The Hall–Kier alpha value is -4.99. The molecule has 3 aromatic carbocycles. The molecule has 2 N–H and O–H groups in total. The zero-order chi connectivity index (χ0) is 29.3. The van der Waals surface area contributed by atoms with E-state index in [1.807, 2.05) is 12.1 Å². The van der Waals surface area contributed by atoms with E-state index in [1.165, 1.54) is 24.3 Å². The molecule has 1 aromatic heterocycles. The third-order valence-electron chi connectivity index (χ3n) is 7.73. The lowest BCUT2D eigenvalue weighted by atomic mass is 10.0. The highest BCUT2D eigenvalue weighted by molar-refractivity contribution is 6.16. The Morgan fingerprint density at radius 1 is 0.881 bits per heavy atom. The molecule has 214 valence electrons. The van der Waals surface area contributed by atoms with Crippen LogP contribution in [0.1, 0.15) is 25.7 Å². The van der Waals surface area contributed by atoms with Gasteiger partial charge in [-0.15, -0.1) is 0 Å². The van der Waals surface area contributed by atoms with Crippen LogP contribution in [-0.4, -0.2) is 42.8 Å². The molecular formula is C32H29FN4O5. The molecule has 2 aliphatic rings.